The third-order valence-electron chi connectivity index (χ3n) is 3.61. The standard InChI is InChI=1S/C13H19N5/c1-3-14-10-9-18-8-7-15-12(18)11(16-10)17-13(2)5-4-6-13/h7-9,14H,3-6H2,1-2H3,(H,16,17). The quantitative estimate of drug-likeness (QED) is 0.869. The van der Waals surface area contributed by atoms with Crippen molar-refractivity contribution >= 4 is 17.3 Å². The highest BCUT2D eigenvalue weighted by molar-refractivity contribution is 5.66. The monoisotopic (exact) mass is 245 g/mol. The molecule has 2 aromatic heterocycles. The molecule has 1 saturated carbocycles. The highest BCUT2D eigenvalue weighted by Crippen LogP contribution is 2.35. The minimum absolute atomic E-state index is 0.185. The van der Waals surface area contributed by atoms with Crippen LogP contribution in [0.5, 0.6) is 0 Å². The van der Waals surface area contributed by atoms with Crippen LogP contribution < -0.4 is 10.6 Å². The SMILES string of the molecule is CCNc1cn2ccnc2c(NC2(C)CCC2)n1. The molecule has 0 unspecified atom stereocenters. The van der Waals surface area contributed by atoms with E-state index in [2.05, 4.69) is 34.4 Å². The summed E-state index contributed by atoms with van der Waals surface area (Å²) in [5.41, 5.74) is 1.08. The van der Waals surface area contributed by atoms with E-state index >= 15 is 0 Å². The first-order valence-electron chi connectivity index (χ1n) is 6.56. The Hall–Kier alpha value is -1.78. The van der Waals surface area contributed by atoms with Crippen LogP contribution >= 0.6 is 0 Å². The van der Waals surface area contributed by atoms with Crippen molar-refractivity contribution < 1.29 is 0 Å². The predicted octanol–water partition coefficient (Wildman–Crippen LogP) is 2.52. The van der Waals surface area contributed by atoms with Crippen LogP contribution in [0.25, 0.3) is 5.65 Å². The van der Waals surface area contributed by atoms with E-state index in [1.165, 1.54) is 19.3 Å². The van der Waals surface area contributed by atoms with E-state index in [0.717, 1.165) is 23.8 Å². The minimum Gasteiger partial charge on any atom is -0.369 e. The average Bonchev–Trinajstić information content (AvgIpc) is 2.75. The van der Waals surface area contributed by atoms with E-state index in [1.54, 1.807) is 6.20 Å². The van der Waals surface area contributed by atoms with Gasteiger partial charge >= 0.3 is 0 Å². The van der Waals surface area contributed by atoms with Gasteiger partial charge in [0.2, 0.25) is 0 Å². The molecule has 0 amide bonds. The fraction of sp³-hybridized carbons (Fsp3) is 0.538. The third kappa shape index (κ3) is 1.89. The number of aromatic nitrogens is 3. The highest BCUT2D eigenvalue weighted by atomic mass is 15.2. The number of imidazole rings is 1. The Bertz CT molecular complexity index is 556. The Morgan fingerprint density at radius 2 is 2.28 bits per heavy atom. The topological polar surface area (TPSA) is 54.2 Å². The van der Waals surface area contributed by atoms with Crippen LogP contribution in [0.3, 0.4) is 0 Å². The molecule has 2 aromatic rings. The lowest BCUT2D eigenvalue weighted by Gasteiger charge is -2.39. The zero-order valence-corrected chi connectivity index (χ0v) is 10.9. The first kappa shape index (κ1) is 11.3. The Kier molecular flexibility index (Phi) is 2.61. The Balaban J connectivity index is 1.99. The molecule has 0 spiro atoms. The third-order valence-corrected chi connectivity index (χ3v) is 3.61. The van der Waals surface area contributed by atoms with Crippen LogP contribution in [0.2, 0.25) is 0 Å². The van der Waals surface area contributed by atoms with Crippen LogP contribution in [0.15, 0.2) is 18.6 Å². The van der Waals surface area contributed by atoms with Crippen molar-refractivity contribution in [1.82, 2.24) is 14.4 Å². The van der Waals surface area contributed by atoms with Crippen LogP contribution in [-0.2, 0) is 0 Å². The van der Waals surface area contributed by atoms with Gasteiger partial charge in [-0.1, -0.05) is 0 Å². The summed E-state index contributed by atoms with van der Waals surface area (Å²) in [4.78, 5) is 9.00. The van der Waals surface area contributed by atoms with E-state index in [1.807, 2.05) is 16.8 Å². The minimum atomic E-state index is 0.185. The summed E-state index contributed by atoms with van der Waals surface area (Å²) in [5, 5.41) is 6.80. The fourth-order valence-corrected chi connectivity index (χ4v) is 2.40. The summed E-state index contributed by atoms with van der Waals surface area (Å²) >= 11 is 0. The largest absolute Gasteiger partial charge is 0.369 e. The van der Waals surface area contributed by atoms with Crippen LogP contribution in [0, 0.1) is 0 Å². The summed E-state index contributed by atoms with van der Waals surface area (Å²) in [5.74, 6) is 1.76. The molecule has 2 heterocycles. The molecule has 96 valence electrons. The molecule has 5 nitrogen and oxygen atoms in total. The molecule has 18 heavy (non-hydrogen) atoms. The molecule has 0 atom stereocenters. The number of nitrogens with one attached hydrogen (secondary N) is 2. The number of fused-ring (bicyclic) bond motifs is 1. The lowest BCUT2D eigenvalue weighted by molar-refractivity contribution is 0.306. The lowest BCUT2D eigenvalue weighted by Crippen LogP contribution is -2.42. The fourth-order valence-electron chi connectivity index (χ4n) is 2.40. The van der Waals surface area contributed by atoms with Crippen molar-refractivity contribution in [2.24, 2.45) is 0 Å². The van der Waals surface area contributed by atoms with Gasteiger partial charge in [0, 0.05) is 24.5 Å². The van der Waals surface area contributed by atoms with Gasteiger partial charge in [-0.3, -0.25) is 0 Å². The van der Waals surface area contributed by atoms with Gasteiger partial charge in [0.05, 0.1) is 6.20 Å². The van der Waals surface area contributed by atoms with Gasteiger partial charge < -0.3 is 15.0 Å². The summed E-state index contributed by atoms with van der Waals surface area (Å²) in [6, 6.07) is 0. The summed E-state index contributed by atoms with van der Waals surface area (Å²) in [6.07, 6.45) is 9.42. The zero-order valence-electron chi connectivity index (χ0n) is 10.9. The first-order chi connectivity index (χ1) is 8.70. The Morgan fingerprint density at radius 1 is 1.44 bits per heavy atom. The molecule has 5 heteroatoms. The smallest absolute Gasteiger partial charge is 0.180 e. The van der Waals surface area contributed by atoms with Crippen molar-refractivity contribution in [2.45, 2.75) is 38.6 Å². The average molecular weight is 245 g/mol. The van der Waals surface area contributed by atoms with Gasteiger partial charge in [0.25, 0.3) is 0 Å². The number of rotatable bonds is 4. The van der Waals surface area contributed by atoms with Crippen molar-refractivity contribution in [1.29, 1.82) is 0 Å². The molecular weight excluding hydrogens is 226 g/mol. The van der Waals surface area contributed by atoms with Crippen molar-refractivity contribution in [3.8, 4) is 0 Å². The van der Waals surface area contributed by atoms with Gasteiger partial charge in [-0.05, 0) is 33.1 Å². The number of hydrogen-bond acceptors (Lipinski definition) is 4. The van der Waals surface area contributed by atoms with Gasteiger partial charge in [-0.15, -0.1) is 0 Å². The molecule has 3 rings (SSSR count). The normalized spacial score (nSPS) is 17.4. The van der Waals surface area contributed by atoms with E-state index in [4.69, 9.17) is 0 Å². The molecule has 1 fully saturated rings. The number of nitrogens with zero attached hydrogens (tertiary/aromatic N) is 3. The van der Waals surface area contributed by atoms with Gasteiger partial charge in [-0.2, -0.15) is 0 Å². The van der Waals surface area contributed by atoms with Gasteiger partial charge in [0.1, 0.15) is 5.82 Å². The van der Waals surface area contributed by atoms with E-state index in [0.29, 0.717) is 0 Å². The lowest BCUT2D eigenvalue weighted by atomic mass is 9.78. The van der Waals surface area contributed by atoms with E-state index < -0.39 is 0 Å². The second-order valence-electron chi connectivity index (χ2n) is 5.20. The van der Waals surface area contributed by atoms with Crippen molar-refractivity contribution in [3.05, 3.63) is 18.6 Å². The summed E-state index contributed by atoms with van der Waals surface area (Å²) in [6.45, 7) is 5.18. The zero-order chi connectivity index (χ0) is 12.6. The molecule has 1 aliphatic carbocycles. The maximum Gasteiger partial charge on any atom is 0.180 e. The van der Waals surface area contributed by atoms with Crippen LogP contribution in [0.1, 0.15) is 33.1 Å². The molecule has 0 aromatic carbocycles. The molecule has 0 saturated heterocycles. The molecule has 1 aliphatic rings. The summed E-state index contributed by atoms with van der Waals surface area (Å²) < 4.78 is 2.01. The van der Waals surface area contributed by atoms with Crippen molar-refractivity contribution in [2.75, 3.05) is 17.2 Å². The molecule has 0 aliphatic heterocycles. The van der Waals surface area contributed by atoms with E-state index in [-0.39, 0.29) is 5.54 Å². The maximum absolute atomic E-state index is 4.62. The second kappa shape index (κ2) is 4.15. The number of hydrogen-bond donors (Lipinski definition) is 2. The van der Waals surface area contributed by atoms with Crippen molar-refractivity contribution in [3.63, 3.8) is 0 Å². The van der Waals surface area contributed by atoms with Gasteiger partial charge in [0.15, 0.2) is 11.5 Å². The Morgan fingerprint density at radius 3 is 2.94 bits per heavy atom. The van der Waals surface area contributed by atoms with Gasteiger partial charge in [-0.25, -0.2) is 9.97 Å². The Labute approximate surface area is 107 Å². The molecule has 2 N–H and O–H groups in total. The molecule has 0 radical (unpaired) electrons. The number of anilines is 2. The second-order valence-corrected chi connectivity index (χ2v) is 5.20. The summed E-state index contributed by atoms with van der Waals surface area (Å²) in [7, 11) is 0. The highest BCUT2D eigenvalue weighted by Gasteiger charge is 2.32. The first-order valence-corrected chi connectivity index (χ1v) is 6.56. The molecular formula is C13H19N5. The maximum atomic E-state index is 4.62. The van der Waals surface area contributed by atoms with E-state index in [9.17, 15) is 0 Å². The van der Waals surface area contributed by atoms with Crippen LogP contribution in [-0.4, -0.2) is 26.5 Å². The van der Waals surface area contributed by atoms with Crippen LogP contribution in [0.4, 0.5) is 11.6 Å². The molecule has 0 bridgehead atoms. The predicted molar refractivity (Wildman–Crippen MR) is 73.0 cm³/mol.